The van der Waals surface area contributed by atoms with Crippen LogP contribution >= 0.6 is 23.8 Å². The summed E-state index contributed by atoms with van der Waals surface area (Å²) < 4.78 is 13.5. The number of hydrogen-bond donors (Lipinski definition) is 1. The van der Waals surface area contributed by atoms with Crippen molar-refractivity contribution in [2.45, 2.75) is 6.92 Å². The summed E-state index contributed by atoms with van der Waals surface area (Å²) in [6, 6.07) is 3.91. The minimum atomic E-state index is -0.649. The quantitative estimate of drug-likeness (QED) is 0.857. The maximum atomic E-state index is 13.5. The lowest BCUT2D eigenvalue weighted by Crippen LogP contribution is -2.37. The second kappa shape index (κ2) is 5.93. The Bertz CT molecular complexity index is 453. The van der Waals surface area contributed by atoms with Crippen molar-refractivity contribution >= 4 is 34.7 Å². The van der Waals surface area contributed by atoms with Crippen LogP contribution in [0.5, 0.6) is 0 Å². The highest BCUT2D eigenvalue weighted by Gasteiger charge is 2.18. The summed E-state index contributed by atoms with van der Waals surface area (Å²) in [4.78, 5) is 13.5. The third kappa shape index (κ3) is 3.64. The molecule has 6 heteroatoms. The summed E-state index contributed by atoms with van der Waals surface area (Å²) in [5.74, 6) is -1.10. The Hall–Kier alpha value is -1.20. The second-order valence-corrected chi connectivity index (χ2v) is 4.37. The van der Waals surface area contributed by atoms with Gasteiger partial charge in [-0.15, -0.1) is 0 Å². The Morgan fingerprint density at radius 2 is 2.24 bits per heavy atom. The summed E-state index contributed by atoms with van der Waals surface area (Å²) >= 11 is 10.3. The predicted molar refractivity (Wildman–Crippen MR) is 69.8 cm³/mol. The fraction of sp³-hybridized carbons (Fsp3) is 0.273. The third-order valence-electron chi connectivity index (χ3n) is 2.18. The van der Waals surface area contributed by atoms with Gasteiger partial charge in [0, 0.05) is 11.6 Å². The van der Waals surface area contributed by atoms with Crippen LogP contribution in [0.25, 0.3) is 0 Å². The molecule has 0 aliphatic carbocycles. The second-order valence-electron chi connectivity index (χ2n) is 3.41. The molecule has 2 N–H and O–H groups in total. The number of halogens is 2. The number of nitrogens with zero attached hydrogens (tertiary/aromatic N) is 1. The lowest BCUT2D eigenvalue weighted by atomic mass is 10.2. The SMILES string of the molecule is CCN(CC(N)=S)C(=O)c1ccc(Cl)cc1F. The monoisotopic (exact) mass is 274 g/mol. The maximum Gasteiger partial charge on any atom is 0.257 e. The summed E-state index contributed by atoms with van der Waals surface area (Å²) in [5.41, 5.74) is 5.33. The van der Waals surface area contributed by atoms with E-state index in [1.165, 1.54) is 17.0 Å². The maximum absolute atomic E-state index is 13.5. The van der Waals surface area contributed by atoms with E-state index in [9.17, 15) is 9.18 Å². The van der Waals surface area contributed by atoms with E-state index < -0.39 is 11.7 Å². The molecule has 0 saturated carbocycles. The minimum Gasteiger partial charge on any atom is -0.392 e. The molecule has 0 heterocycles. The Labute approximate surface area is 109 Å². The molecule has 0 unspecified atom stereocenters. The van der Waals surface area contributed by atoms with Gasteiger partial charge >= 0.3 is 0 Å². The van der Waals surface area contributed by atoms with E-state index in [4.69, 9.17) is 29.6 Å². The van der Waals surface area contributed by atoms with Crippen LogP contribution in [0.1, 0.15) is 17.3 Å². The molecule has 0 atom stereocenters. The smallest absolute Gasteiger partial charge is 0.257 e. The van der Waals surface area contributed by atoms with Crippen LogP contribution in [0.3, 0.4) is 0 Å². The van der Waals surface area contributed by atoms with Crippen LogP contribution in [0.15, 0.2) is 18.2 Å². The van der Waals surface area contributed by atoms with Crippen molar-refractivity contribution in [1.29, 1.82) is 0 Å². The first-order valence-electron chi connectivity index (χ1n) is 4.98. The Morgan fingerprint density at radius 1 is 1.59 bits per heavy atom. The molecule has 0 aromatic heterocycles. The van der Waals surface area contributed by atoms with Crippen molar-refractivity contribution in [3.05, 3.63) is 34.6 Å². The Balaban J connectivity index is 2.97. The average molecular weight is 275 g/mol. The average Bonchev–Trinajstić information content (AvgIpc) is 2.24. The first kappa shape index (κ1) is 13.9. The highest BCUT2D eigenvalue weighted by molar-refractivity contribution is 7.80. The lowest BCUT2D eigenvalue weighted by molar-refractivity contribution is 0.0783. The van der Waals surface area contributed by atoms with Crippen molar-refractivity contribution < 1.29 is 9.18 Å². The van der Waals surface area contributed by atoms with E-state index in [1.54, 1.807) is 6.92 Å². The number of benzene rings is 1. The summed E-state index contributed by atoms with van der Waals surface area (Å²) in [6.45, 7) is 2.30. The van der Waals surface area contributed by atoms with E-state index in [0.29, 0.717) is 6.54 Å². The molecule has 0 aliphatic heterocycles. The van der Waals surface area contributed by atoms with Crippen molar-refractivity contribution in [3.8, 4) is 0 Å². The van der Waals surface area contributed by atoms with Crippen LogP contribution < -0.4 is 5.73 Å². The van der Waals surface area contributed by atoms with E-state index >= 15 is 0 Å². The fourth-order valence-corrected chi connectivity index (χ4v) is 1.66. The number of nitrogens with two attached hydrogens (primary N) is 1. The molecule has 1 aromatic carbocycles. The zero-order chi connectivity index (χ0) is 13.0. The summed E-state index contributed by atoms with van der Waals surface area (Å²) in [5, 5.41) is 0.247. The molecular formula is C11H12ClFN2OS. The number of likely N-dealkylation sites (N-methyl/N-ethyl adjacent to an activating group) is 1. The van der Waals surface area contributed by atoms with Gasteiger partial charge in [0.25, 0.3) is 5.91 Å². The number of carbonyl (C=O) groups is 1. The van der Waals surface area contributed by atoms with Crippen molar-refractivity contribution in [2.75, 3.05) is 13.1 Å². The van der Waals surface area contributed by atoms with Gasteiger partial charge < -0.3 is 10.6 Å². The molecule has 1 aromatic rings. The fourth-order valence-electron chi connectivity index (χ4n) is 1.35. The molecule has 1 rings (SSSR count). The topological polar surface area (TPSA) is 46.3 Å². The molecule has 0 fully saturated rings. The van der Waals surface area contributed by atoms with Crippen LogP contribution in [0.4, 0.5) is 4.39 Å². The Kier molecular flexibility index (Phi) is 4.84. The van der Waals surface area contributed by atoms with Crippen molar-refractivity contribution in [1.82, 2.24) is 4.90 Å². The van der Waals surface area contributed by atoms with Gasteiger partial charge in [0.2, 0.25) is 0 Å². The van der Waals surface area contributed by atoms with Gasteiger partial charge in [0.1, 0.15) is 5.82 Å². The van der Waals surface area contributed by atoms with Gasteiger partial charge in [-0.2, -0.15) is 0 Å². The van der Waals surface area contributed by atoms with Crippen LogP contribution in [0, 0.1) is 5.82 Å². The third-order valence-corrected chi connectivity index (χ3v) is 2.54. The first-order chi connectivity index (χ1) is 7.95. The van der Waals surface area contributed by atoms with Crippen molar-refractivity contribution in [2.24, 2.45) is 5.73 Å². The molecule has 0 spiro atoms. The number of hydrogen-bond acceptors (Lipinski definition) is 2. The molecule has 0 saturated heterocycles. The summed E-state index contributed by atoms with van der Waals surface area (Å²) in [7, 11) is 0. The van der Waals surface area contributed by atoms with Crippen molar-refractivity contribution in [3.63, 3.8) is 0 Å². The highest BCUT2D eigenvalue weighted by atomic mass is 35.5. The molecule has 0 bridgehead atoms. The van der Waals surface area contributed by atoms with Gasteiger partial charge in [-0.1, -0.05) is 23.8 Å². The standard InChI is InChI=1S/C11H12ClFN2OS/c1-2-15(6-10(14)17)11(16)8-4-3-7(12)5-9(8)13/h3-5H,2,6H2,1H3,(H2,14,17). The van der Waals surface area contributed by atoms with E-state index in [1.807, 2.05) is 0 Å². The largest absolute Gasteiger partial charge is 0.392 e. The van der Waals surface area contributed by atoms with Crippen LogP contribution in [-0.4, -0.2) is 28.9 Å². The molecule has 17 heavy (non-hydrogen) atoms. The van der Waals surface area contributed by atoms with Gasteiger partial charge in [-0.05, 0) is 25.1 Å². The van der Waals surface area contributed by atoms with Crippen LogP contribution in [0.2, 0.25) is 5.02 Å². The Morgan fingerprint density at radius 3 is 2.71 bits per heavy atom. The van der Waals surface area contributed by atoms with Gasteiger partial charge in [-0.3, -0.25) is 4.79 Å². The molecule has 3 nitrogen and oxygen atoms in total. The molecule has 1 amide bonds. The van der Waals surface area contributed by atoms with Gasteiger partial charge in [0.05, 0.1) is 17.1 Å². The van der Waals surface area contributed by atoms with Gasteiger partial charge in [-0.25, -0.2) is 4.39 Å². The number of thiocarbonyl (C=S) groups is 1. The van der Waals surface area contributed by atoms with Gasteiger partial charge in [0.15, 0.2) is 0 Å². The normalized spacial score (nSPS) is 10.1. The first-order valence-corrected chi connectivity index (χ1v) is 5.77. The van der Waals surface area contributed by atoms with E-state index in [2.05, 4.69) is 0 Å². The zero-order valence-electron chi connectivity index (χ0n) is 9.24. The van der Waals surface area contributed by atoms with E-state index in [0.717, 1.165) is 6.07 Å². The molecule has 0 radical (unpaired) electrons. The number of carbonyl (C=O) groups excluding carboxylic acids is 1. The lowest BCUT2D eigenvalue weighted by Gasteiger charge is -2.20. The zero-order valence-corrected chi connectivity index (χ0v) is 10.8. The molecule has 0 aliphatic rings. The molecule has 92 valence electrons. The number of amides is 1. The predicted octanol–water partition coefficient (Wildman–Crippen LogP) is 2.23. The highest BCUT2D eigenvalue weighted by Crippen LogP contribution is 2.16. The van der Waals surface area contributed by atoms with Crippen LogP contribution in [-0.2, 0) is 0 Å². The minimum absolute atomic E-state index is 0.0347. The summed E-state index contributed by atoms with van der Waals surface area (Å²) in [6.07, 6.45) is 0. The van der Waals surface area contributed by atoms with E-state index in [-0.39, 0.29) is 22.1 Å². The number of rotatable bonds is 4. The molecular weight excluding hydrogens is 263 g/mol.